The first-order chi connectivity index (χ1) is 8.30. The Morgan fingerprint density at radius 2 is 1.89 bits per heavy atom. The second-order valence-corrected chi connectivity index (χ2v) is 6.90. The van der Waals surface area contributed by atoms with E-state index in [4.69, 9.17) is 4.74 Å². The summed E-state index contributed by atoms with van der Waals surface area (Å²) in [5.74, 6) is 0. The van der Waals surface area contributed by atoms with Crippen LogP contribution in [-0.4, -0.2) is 29.7 Å². The molecule has 1 amide bonds. The number of allylic oxidation sites excluding steroid dienone is 1. The Bertz CT molecular complexity index is 344. The summed E-state index contributed by atoms with van der Waals surface area (Å²) < 4.78 is 5.45. The van der Waals surface area contributed by atoms with Crippen LogP contribution in [0.15, 0.2) is 12.2 Å². The molecule has 0 aromatic carbocycles. The average Bonchev–Trinajstić information content (AvgIpc) is 2.65. The third-order valence-electron chi connectivity index (χ3n) is 4.11. The molecule has 0 atom stereocenters. The normalized spacial score (nSPS) is 23.5. The molecule has 1 saturated heterocycles. The Balaban J connectivity index is 1.92. The summed E-state index contributed by atoms with van der Waals surface area (Å²) in [6.07, 6.45) is 5.60. The number of carbonyl (C=O) groups is 1. The monoisotopic (exact) mass is 251 g/mol. The predicted molar refractivity (Wildman–Crippen MR) is 72.5 cm³/mol. The van der Waals surface area contributed by atoms with Crippen LogP contribution in [0.5, 0.6) is 0 Å². The van der Waals surface area contributed by atoms with Crippen LogP contribution < -0.4 is 0 Å². The largest absolute Gasteiger partial charge is 0.444 e. The molecule has 0 unspecified atom stereocenters. The molecule has 2 aliphatic rings. The molecule has 3 heteroatoms. The lowest BCUT2D eigenvalue weighted by atomic mass is 9.72. The first-order valence-electron chi connectivity index (χ1n) is 6.94. The number of carbonyl (C=O) groups excluding carboxylic acids is 1. The standard InChI is InChI=1S/C15H25NO2/c1-12-5-7-15(8-6-12)9-10-16(11-15)13(17)18-14(2,3)4/h1,5-11H2,2-4H3. The maximum Gasteiger partial charge on any atom is 0.410 e. The molecule has 3 nitrogen and oxygen atoms in total. The number of ether oxygens (including phenoxy) is 1. The molecule has 18 heavy (non-hydrogen) atoms. The summed E-state index contributed by atoms with van der Waals surface area (Å²) in [7, 11) is 0. The minimum absolute atomic E-state index is 0.149. The van der Waals surface area contributed by atoms with Crippen LogP contribution in [0, 0.1) is 5.41 Å². The Hall–Kier alpha value is -0.990. The summed E-state index contributed by atoms with van der Waals surface area (Å²) in [4.78, 5) is 13.9. The molecule has 0 bridgehead atoms. The third-order valence-corrected chi connectivity index (χ3v) is 4.11. The molecule has 0 radical (unpaired) electrons. The van der Waals surface area contributed by atoms with Gasteiger partial charge in [-0.25, -0.2) is 4.79 Å². The predicted octanol–water partition coefficient (Wildman–Crippen LogP) is 3.74. The van der Waals surface area contributed by atoms with E-state index in [-0.39, 0.29) is 6.09 Å². The van der Waals surface area contributed by atoms with Crippen molar-refractivity contribution in [2.45, 2.75) is 58.5 Å². The van der Waals surface area contributed by atoms with E-state index in [1.54, 1.807) is 0 Å². The molecule has 102 valence electrons. The van der Waals surface area contributed by atoms with Crippen molar-refractivity contribution in [2.24, 2.45) is 5.41 Å². The number of hydrogen-bond acceptors (Lipinski definition) is 2. The maximum atomic E-state index is 12.0. The van der Waals surface area contributed by atoms with Crippen LogP contribution in [0.1, 0.15) is 52.9 Å². The fraction of sp³-hybridized carbons (Fsp3) is 0.800. The number of hydrogen-bond donors (Lipinski definition) is 0. The van der Waals surface area contributed by atoms with E-state index in [1.165, 1.54) is 18.4 Å². The van der Waals surface area contributed by atoms with Crippen molar-refractivity contribution in [3.8, 4) is 0 Å². The van der Waals surface area contributed by atoms with Gasteiger partial charge in [0.2, 0.25) is 0 Å². The number of rotatable bonds is 0. The van der Waals surface area contributed by atoms with Gasteiger partial charge in [-0.15, -0.1) is 0 Å². The van der Waals surface area contributed by atoms with E-state index >= 15 is 0 Å². The van der Waals surface area contributed by atoms with Crippen LogP contribution in [0.25, 0.3) is 0 Å². The zero-order chi connectivity index (χ0) is 13.4. The molecule has 1 heterocycles. The van der Waals surface area contributed by atoms with Gasteiger partial charge in [0.05, 0.1) is 0 Å². The van der Waals surface area contributed by atoms with E-state index in [0.717, 1.165) is 32.4 Å². The van der Waals surface area contributed by atoms with Gasteiger partial charge in [0.25, 0.3) is 0 Å². The number of likely N-dealkylation sites (tertiary alicyclic amines) is 1. The van der Waals surface area contributed by atoms with Gasteiger partial charge >= 0.3 is 6.09 Å². The highest BCUT2D eigenvalue weighted by Crippen LogP contribution is 2.45. The van der Waals surface area contributed by atoms with E-state index in [9.17, 15) is 4.79 Å². The average molecular weight is 251 g/mol. The van der Waals surface area contributed by atoms with Crippen LogP contribution in [0.2, 0.25) is 0 Å². The van der Waals surface area contributed by atoms with Crippen molar-refractivity contribution >= 4 is 6.09 Å². The molecule has 0 N–H and O–H groups in total. The Morgan fingerprint density at radius 1 is 1.28 bits per heavy atom. The van der Waals surface area contributed by atoms with Crippen molar-refractivity contribution in [3.63, 3.8) is 0 Å². The lowest BCUT2D eigenvalue weighted by Gasteiger charge is -2.34. The van der Waals surface area contributed by atoms with Gasteiger partial charge in [0, 0.05) is 13.1 Å². The summed E-state index contributed by atoms with van der Waals surface area (Å²) in [5.41, 5.74) is 1.32. The summed E-state index contributed by atoms with van der Waals surface area (Å²) >= 11 is 0. The Kier molecular flexibility index (Phi) is 3.43. The van der Waals surface area contributed by atoms with Crippen LogP contribution >= 0.6 is 0 Å². The fourth-order valence-corrected chi connectivity index (χ4v) is 2.96. The molecule has 1 spiro atoms. The summed E-state index contributed by atoms with van der Waals surface area (Å²) in [6, 6.07) is 0. The molecule has 2 rings (SSSR count). The first kappa shape index (κ1) is 13.4. The molecule has 0 aromatic rings. The number of nitrogens with zero attached hydrogens (tertiary/aromatic N) is 1. The van der Waals surface area contributed by atoms with Gasteiger partial charge < -0.3 is 9.64 Å². The van der Waals surface area contributed by atoms with Crippen molar-refractivity contribution in [3.05, 3.63) is 12.2 Å². The zero-order valence-electron chi connectivity index (χ0n) is 11.9. The third kappa shape index (κ3) is 3.06. The minimum atomic E-state index is -0.395. The second kappa shape index (κ2) is 4.60. The molecule has 0 aromatic heterocycles. The van der Waals surface area contributed by atoms with E-state index in [0.29, 0.717) is 5.41 Å². The molecule has 1 aliphatic carbocycles. The lowest BCUT2D eigenvalue weighted by Crippen LogP contribution is -2.37. The molecular formula is C15H25NO2. The van der Waals surface area contributed by atoms with Crippen molar-refractivity contribution < 1.29 is 9.53 Å². The van der Waals surface area contributed by atoms with Gasteiger partial charge in [0.1, 0.15) is 5.60 Å². The maximum absolute atomic E-state index is 12.0. The van der Waals surface area contributed by atoms with Gasteiger partial charge in [0.15, 0.2) is 0 Å². The zero-order valence-corrected chi connectivity index (χ0v) is 11.9. The Labute approximate surface area is 110 Å². The van der Waals surface area contributed by atoms with E-state index < -0.39 is 5.60 Å². The van der Waals surface area contributed by atoms with Gasteiger partial charge in [-0.05, 0) is 58.3 Å². The summed E-state index contributed by atoms with van der Waals surface area (Å²) in [5, 5.41) is 0. The van der Waals surface area contributed by atoms with Crippen molar-refractivity contribution in [2.75, 3.05) is 13.1 Å². The minimum Gasteiger partial charge on any atom is -0.444 e. The highest BCUT2D eigenvalue weighted by atomic mass is 16.6. The van der Waals surface area contributed by atoms with Crippen LogP contribution in [0.3, 0.4) is 0 Å². The molecule has 1 saturated carbocycles. The first-order valence-corrected chi connectivity index (χ1v) is 6.94. The topological polar surface area (TPSA) is 29.5 Å². The highest BCUT2D eigenvalue weighted by Gasteiger charge is 2.42. The van der Waals surface area contributed by atoms with Gasteiger partial charge in [-0.1, -0.05) is 12.2 Å². The van der Waals surface area contributed by atoms with E-state index in [2.05, 4.69) is 6.58 Å². The molecule has 1 aliphatic heterocycles. The van der Waals surface area contributed by atoms with Gasteiger partial charge in [-0.3, -0.25) is 0 Å². The quantitative estimate of drug-likeness (QED) is 0.614. The molecular weight excluding hydrogens is 226 g/mol. The van der Waals surface area contributed by atoms with Crippen molar-refractivity contribution in [1.82, 2.24) is 4.90 Å². The van der Waals surface area contributed by atoms with E-state index in [1.807, 2.05) is 25.7 Å². The smallest absolute Gasteiger partial charge is 0.410 e. The van der Waals surface area contributed by atoms with Gasteiger partial charge in [-0.2, -0.15) is 0 Å². The lowest BCUT2D eigenvalue weighted by molar-refractivity contribution is 0.0266. The van der Waals surface area contributed by atoms with Crippen LogP contribution in [0.4, 0.5) is 4.79 Å². The molecule has 2 fully saturated rings. The number of amides is 1. The van der Waals surface area contributed by atoms with Crippen LogP contribution in [-0.2, 0) is 4.74 Å². The second-order valence-electron chi connectivity index (χ2n) is 6.90. The fourth-order valence-electron chi connectivity index (χ4n) is 2.96. The SMILES string of the molecule is C=C1CCC2(CC1)CCN(C(=O)OC(C)(C)C)C2. The summed E-state index contributed by atoms with van der Waals surface area (Å²) in [6.45, 7) is 11.5. The highest BCUT2D eigenvalue weighted by molar-refractivity contribution is 5.68. The van der Waals surface area contributed by atoms with Crippen molar-refractivity contribution in [1.29, 1.82) is 0 Å². The Morgan fingerprint density at radius 3 is 2.44 bits per heavy atom.